The van der Waals surface area contributed by atoms with Crippen molar-refractivity contribution in [2.24, 2.45) is 5.92 Å². The van der Waals surface area contributed by atoms with E-state index >= 15 is 0 Å². The normalized spacial score (nSPS) is 19.7. The summed E-state index contributed by atoms with van der Waals surface area (Å²) in [5.41, 5.74) is -0.812. The van der Waals surface area contributed by atoms with Gasteiger partial charge in [-0.05, 0) is 49.8 Å². The van der Waals surface area contributed by atoms with Gasteiger partial charge in [0.1, 0.15) is 22.7 Å². The number of halogens is 3. The zero-order chi connectivity index (χ0) is 21.3. The molecule has 3 aromatic rings. The number of fused-ring (bicyclic) bond motifs is 1. The Bertz CT molecular complexity index is 1060. The molecule has 1 aliphatic carbocycles. The van der Waals surface area contributed by atoms with Crippen molar-refractivity contribution in [3.05, 3.63) is 48.0 Å². The van der Waals surface area contributed by atoms with Crippen LogP contribution >= 0.6 is 0 Å². The van der Waals surface area contributed by atoms with Crippen molar-refractivity contribution in [1.29, 1.82) is 0 Å². The van der Waals surface area contributed by atoms with Gasteiger partial charge in [-0.25, -0.2) is 9.97 Å². The lowest BCUT2D eigenvalue weighted by Gasteiger charge is -2.27. The molecule has 0 bridgehead atoms. The fraction of sp³-hybridized carbons (Fsp3) is 0.400. The van der Waals surface area contributed by atoms with Gasteiger partial charge in [-0.15, -0.1) is 0 Å². The average Bonchev–Trinajstić information content (AvgIpc) is 3.16. The first kappa shape index (κ1) is 20.3. The van der Waals surface area contributed by atoms with E-state index in [0.29, 0.717) is 11.4 Å². The Morgan fingerprint density at radius 3 is 2.70 bits per heavy atom. The van der Waals surface area contributed by atoms with Gasteiger partial charge in [0, 0.05) is 18.2 Å². The van der Waals surface area contributed by atoms with Crippen LogP contribution in [0.3, 0.4) is 0 Å². The van der Waals surface area contributed by atoms with Gasteiger partial charge in [-0.1, -0.05) is 6.07 Å². The average molecular weight is 419 g/mol. The summed E-state index contributed by atoms with van der Waals surface area (Å²) in [4.78, 5) is 19.8. The van der Waals surface area contributed by atoms with Crippen molar-refractivity contribution in [1.82, 2.24) is 19.7 Å². The lowest BCUT2D eigenvalue weighted by Crippen LogP contribution is -2.20. The molecular weight excluding hydrogens is 399 g/mol. The first-order valence-corrected chi connectivity index (χ1v) is 9.65. The van der Waals surface area contributed by atoms with Crippen LogP contribution in [-0.4, -0.2) is 37.4 Å². The summed E-state index contributed by atoms with van der Waals surface area (Å²) in [6.45, 7) is 0.210. The number of nitrogens with one attached hydrogen (secondary N) is 1. The molecule has 10 heteroatoms. The molecule has 0 aromatic carbocycles. The second-order valence-corrected chi connectivity index (χ2v) is 7.45. The maximum atomic E-state index is 12.8. The van der Waals surface area contributed by atoms with Gasteiger partial charge in [-0.2, -0.15) is 18.3 Å². The Morgan fingerprint density at radius 2 is 2.00 bits per heavy atom. The molecule has 1 saturated carbocycles. The largest absolute Gasteiger partial charge is 0.433 e. The van der Waals surface area contributed by atoms with Crippen LogP contribution in [0.1, 0.15) is 47.9 Å². The van der Waals surface area contributed by atoms with Crippen molar-refractivity contribution in [3.8, 4) is 0 Å². The van der Waals surface area contributed by atoms with Gasteiger partial charge in [0.05, 0.1) is 12.2 Å². The van der Waals surface area contributed by atoms with Gasteiger partial charge < -0.3 is 10.4 Å². The summed E-state index contributed by atoms with van der Waals surface area (Å²) in [5.74, 6) is -0.225. The molecule has 4 rings (SSSR count). The summed E-state index contributed by atoms with van der Waals surface area (Å²) in [6.07, 6.45) is 2.51. The molecular formula is C20H20F3N5O2. The van der Waals surface area contributed by atoms with E-state index in [2.05, 4.69) is 20.4 Å². The van der Waals surface area contributed by atoms with E-state index in [4.69, 9.17) is 0 Å². The molecule has 30 heavy (non-hydrogen) atoms. The van der Waals surface area contributed by atoms with Crippen molar-refractivity contribution < 1.29 is 23.1 Å². The van der Waals surface area contributed by atoms with Gasteiger partial charge in [0.15, 0.2) is 0 Å². The van der Waals surface area contributed by atoms with E-state index in [1.54, 1.807) is 6.07 Å². The molecule has 0 aliphatic heterocycles. The summed E-state index contributed by atoms with van der Waals surface area (Å²) in [5, 5.41) is 17.1. The fourth-order valence-corrected chi connectivity index (χ4v) is 3.69. The standard InChI is InChI=1S/C20H20F3N5O2/c21-20(22,23)17-3-1-2-15(25-17)19(30)26-18-8-13-10-28(27-16(13)9-24-18)14-6-4-12(11-29)5-7-14/h1-3,8-10,12,14,29H,4-7,11H2,(H,26,30). The molecule has 2 N–H and O–H groups in total. The van der Waals surface area contributed by atoms with Crippen molar-refractivity contribution in [2.45, 2.75) is 37.9 Å². The number of aromatic nitrogens is 4. The summed E-state index contributed by atoms with van der Waals surface area (Å²) >= 11 is 0. The first-order valence-electron chi connectivity index (χ1n) is 9.65. The van der Waals surface area contributed by atoms with Crippen molar-refractivity contribution in [2.75, 3.05) is 11.9 Å². The monoisotopic (exact) mass is 419 g/mol. The third kappa shape index (κ3) is 4.28. The maximum absolute atomic E-state index is 12.8. The SMILES string of the molecule is O=C(Nc1cc2cn(C3CCC(CO)CC3)nc2cn1)c1cccc(C(F)(F)F)n1. The fourth-order valence-electron chi connectivity index (χ4n) is 3.69. The Hall–Kier alpha value is -3.01. The third-order valence-corrected chi connectivity index (χ3v) is 5.37. The quantitative estimate of drug-likeness (QED) is 0.671. The highest BCUT2D eigenvalue weighted by atomic mass is 19.4. The number of amides is 1. The lowest BCUT2D eigenvalue weighted by molar-refractivity contribution is -0.141. The molecule has 0 unspecified atom stereocenters. The Balaban J connectivity index is 1.49. The number of anilines is 1. The first-order chi connectivity index (χ1) is 14.3. The maximum Gasteiger partial charge on any atom is 0.433 e. The molecule has 0 atom stereocenters. The van der Waals surface area contributed by atoms with Crippen LogP contribution in [0.25, 0.3) is 10.9 Å². The number of alkyl halides is 3. The number of aliphatic hydroxyl groups is 1. The molecule has 0 spiro atoms. The third-order valence-electron chi connectivity index (χ3n) is 5.37. The van der Waals surface area contributed by atoms with Crippen LogP contribution in [0.15, 0.2) is 36.7 Å². The number of carbonyl (C=O) groups is 1. The molecule has 1 amide bonds. The Labute approximate surface area is 169 Å². The molecule has 3 aromatic heterocycles. The summed E-state index contributed by atoms with van der Waals surface area (Å²) in [7, 11) is 0. The van der Waals surface area contributed by atoms with Gasteiger partial charge >= 0.3 is 6.18 Å². The van der Waals surface area contributed by atoms with E-state index in [1.165, 1.54) is 12.3 Å². The number of rotatable bonds is 4. The molecule has 0 saturated heterocycles. The highest BCUT2D eigenvalue weighted by Crippen LogP contribution is 2.32. The van der Waals surface area contributed by atoms with Crippen LogP contribution in [-0.2, 0) is 6.18 Å². The molecule has 3 heterocycles. The van der Waals surface area contributed by atoms with E-state index in [9.17, 15) is 23.1 Å². The predicted octanol–water partition coefficient (Wildman–Crippen LogP) is 3.82. The zero-order valence-corrected chi connectivity index (χ0v) is 15.9. The van der Waals surface area contributed by atoms with Crippen molar-refractivity contribution >= 4 is 22.6 Å². The minimum absolute atomic E-state index is 0.204. The Morgan fingerprint density at radius 1 is 1.23 bits per heavy atom. The van der Waals surface area contributed by atoms with Crippen LogP contribution in [0, 0.1) is 5.92 Å². The van der Waals surface area contributed by atoms with Gasteiger partial charge in [0.2, 0.25) is 0 Å². The second kappa shape index (κ2) is 8.02. The van der Waals surface area contributed by atoms with Crippen LogP contribution < -0.4 is 5.32 Å². The Kier molecular flexibility index (Phi) is 5.42. The number of hydrogen-bond acceptors (Lipinski definition) is 5. The number of carbonyl (C=O) groups excluding carboxylic acids is 1. The van der Waals surface area contributed by atoms with Gasteiger partial charge in [0.25, 0.3) is 5.91 Å². The number of pyridine rings is 2. The van der Waals surface area contributed by atoms with E-state index in [-0.39, 0.29) is 24.2 Å². The zero-order valence-electron chi connectivity index (χ0n) is 15.9. The number of hydrogen-bond donors (Lipinski definition) is 2. The molecule has 1 aliphatic rings. The minimum Gasteiger partial charge on any atom is -0.396 e. The topological polar surface area (TPSA) is 92.9 Å². The second-order valence-electron chi connectivity index (χ2n) is 7.45. The highest BCUT2D eigenvalue weighted by Gasteiger charge is 2.33. The smallest absolute Gasteiger partial charge is 0.396 e. The van der Waals surface area contributed by atoms with Crippen LogP contribution in [0.4, 0.5) is 19.0 Å². The number of aliphatic hydroxyl groups excluding tert-OH is 1. The van der Waals surface area contributed by atoms with Gasteiger partial charge in [-0.3, -0.25) is 9.48 Å². The van der Waals surface area contributed by atoms with Crippen molar-refractivity contribution in [3.63, 3.8) is 0 Å². The minimum atomic E-state index is -4.63. The summed E-state index contributed by atoms with van der Waals surface area (Å²) in [6, 6.07) is 5.03. The molecule has 0 radical (unpaired) electrons. The van der Waals surface area contributed by atoms with E-state index in [1.807, 2.05) is 10.9 Å². The molecule has 158 valence electrons. The van der Waals surface area contributed by atoms with E-state index in [0.717, 1.165) is 43.2 Å². The van der Waals surface area contributed by atoms with E-state index < -0.39 is 17.8 Å². The predicted molar refractivity (Wildman–Crippen MR) is 103 cm³/mol. The molecule has 1 fully saturated rings. The number of nitrogens with zero attached hydrogens (tertiary/aromatic N) is 4. The van der Waals surface area contributed by atoms with Crippen LogP contribution in [0.2, 0.25) is 0 Å². The molecule has 7 nitrogen and oxygen atoms in total. The summed E-state index contributed by atoms with van der Waals surface area (Å²) < 4.78 is 40.3. The van der Waals surface area contributed by atoms with Crippen LogP contribution in [0.5, 0.6) is 0 Å². The lowest BCUT2D eigenvalue weighted by atomic mass is 9.87. The highest BCUT2D eigenvalue weighted by molar-refractivity contribution is 6.03.